The Balaban J connectivity index is 1.59. The molecule has 1 saturated carbocycles. The van der Waals surface area contributed by atoms with E-state index in [0.717, 1.165) is 32.1 Å². The van der Waals surface area contributed by atoms with Crippen molar-refractivity contribution < 1.29 is 0 Å². The molecule has 1 aliphatic heterocycles. The van der Waals surface area contributed by atoms with Crippen molar-refractivity contribution >= 4 is 17.0 Å². The molecule has 1 N–H and O–H groups in total. The number of nitrogens with zero attached hydrogens (tertiary/aromatic N) is 5. The first-order valence-electron chi connectivity index (χ1n) is 8.87. The Kier molecular flexibility index (Phi) is 3.63. The number of H-pyrrole nitrogens is 1. The quantitative estimate of drug-likeness (QED) is 0.921. The lowest BCUT2D eigenvalue weighted by atomic mass is 10.1. The van der Waals surface area contributed by atoms with Gasteiger partial charge < -0.3 is 4.90 Å². The van der Waals surface area contributed by atoms with Gasteiger partial charge in [0.05, 0.1) is 11.7 Å². The molecule has 24 heavy (non-hydrogen) atoms. The molecule has 2 aliphatic rings. The van der Waals surface area contributed by atoms with Crippen molar-refractivity contribution in [3.8, 4) is 0 Å². The zero-order chi connectivity index (χ0) is 16.9. The number of fused-ring (bicyclic) bond motifs is 1. The third kappa shape index (κ3) is 2.92. The van der Waals surface area contributed by atoms with Gasteiger partial charge in [0, 0.05) is 32.7 Å². The fraction of sp³-hybridized carbons (Fsp3) is 0.706. The van der Waals surface area contributed by atoms with Crippen molar-refractivity contribution in [3.63, 3.8) is 0 Å². The zero-order valence-corrected chi connectivity index (χ0v) is 14.7. The average Bonchev–Trinajstić information content (AvgIpc) is 3.22. The summed E-state index contributed by atoms with van der Waals surface area (Å²) < 4.78 is 1.84. The summed E-state index contributed by atoms with van der Waals surface area (Å²) in [4.78, 5) is 24.8. The van der Waals surface area contributed by atoms with Crippen LogP contribution in [0.3, 0.4) is 0 Å². The standard InChI is InChI=1S/C17H26N6O/c1-17(2,3)23-14-13(10-18-23)15(24)20-16(19-14)22-8-6-21(7-9-22)11-12-4-5-12/h10,12H,4-9,11H2,1-3H3,(H,19,20,24). The van der Waals surface area contributed by atoms with E-state index in [1.54, 1.807) is 6.20 Å². The normalized spacial score (nSPS) is 20.0. The highest BCUT2D eigenvalue weighted by atomic mass is 16.1. The summed E-state index contributed by atoms with van der Waals surface area (Å²) >= 11 is 0. The molecule has 3 heterocycles. The van der Waals surface area contributed by atoms with E-state index in [9.17, 15) is 4.79 Å². The lowest BCUT2D eigenvalue weighted by Crippen LogP contribution is -2.47. The monoisotopic (exact) mass is 330 g/mol. The van der Waals surface area contributed by atoms with Crippen LogP contribution in [0.25, 0.3) is 11.0 Å². The summed E-state index contributed by atoms with van der Waals surface area (Å²) in [5, 5.41) is 4.93. The Morgan fingerprint density at radius 1 is 1.21 bits per heavy atom. The highest BCUT2D eigenvalue weighted by molar-refractivity contribution is 5.74. The van der Waals surface area contributed by atoms with Crippen LogP contribution in [0.15, 0.2) is 11.0 Å². The van der Waals surface area contributed by atoms with Crippen LogP contribution in [0.5, 0.6) is 0 Å². The van der Waals surface area contributed by atoms with Crippen LogP contribution in [-0.4, -0.2) is 57.4 Å². The minimum Gasteiger partial charge on any atom is -0.340 e. The maximum Gasteiger partial charge on any atom is 0.263 e. The number of anilines is 1. The zero-order valence-electron chi connectivity index (χ0n) is 14.7. The van der Waals surface area contributed by atoms with Gasteiger partial charge >= 0.3 is 0 Å². The van der Waals surface area contributed by atoms with Gasteiger partial charge in [-0.15, -0.1) is 0 Å². The van der Waals surface area contributed by atoms with Crippen molar-refractivity contribution in [3.05, 3.63) is 16.6 Å². The smallest absolute Gasteiger partial charge is 0.263 e. The lowest BCUT2D eigenvalue weighted by molar-refractivity contribution is 0.247. The van der Waals surface area contributed by atoms with Crippen molar-refractivity contribution in [2.75, 3.05) is 37.6 Å². The molecular weight excluding hydrogens is 304 g/mol. The topological polar surface area (TPSA) is 70.1 Å². The van der Waals surface area contributed by atoms with Crippen molar-refractivity contribution in [2.45, 2.75) is 39.2 Å². The van der Waals surface area contributed by atoms with Crippen LogP contribution in [0, 0.1) is 5.92 Å². The summed E-state index contributed by atoms with van der Waals surface area (Å²) in [7, 11) is 0. The maximum atomic E-state index is 12.4. The number of hydrogen-bond acceptors (Lipinski definition) is 5. The van der Waals surface area contributed by atoms with E-state index < -0.39 is 0 Å². The van der Waals surface area contributed by atoms with Gasteiger partial charge in [0.1, 0.15) is 5.39 Å². The molecule has 7 nitrogen and oxygen atoms in total. The number of rotatable bonds is 3. The molecule has 0 spiro atoms. The Morgan fingerprint density at radius 3 is 2.54 bits per heavy atom. The van der Waals surface area contributed by atoms with Crippen LogP contribution >= 0.6 is 0 Å². The largest absolute Gasteiger partial charge is 0.340 e. The van der Waals surface area contributed by atoms with Gasteiger partial charge in [-0.05, 0) is 39.5 Å². The van der Waals surface area contributed by atoms with Gasteiger partial charge in [0.15, 0.2) is 5.65 Å². The second kappa shape index (κ2) is 5.58. The summed E-state index contributed by atoms with van der Waals surface area (Å²) in [6, 6.07) is 0. The van der Waals surface area contributed by atoms with Gasteiger partial charge in [0.2, 0.25) is 5.95 Å². The summed E-state index contributed by atoms with van der Waals surface area (Å²) in [5.74, 6) is 1.59. The second-order valence-electron chi connectivity index (χ2n) is 8.09. The number of piperazine rings is 1. The van der Waals surface area contributed by atoms with Crippen molar-refractivity contribution in [1.29, 1.82) is 0 Å². The lowest BCUT2D eigenvalue weighted by Gasteiger charge is -2.35. The Morgan fingerprint density at radius 2 is 1.92 bits per heavy atom. The van der Waals surface area contributed by atoms with E-state index in [4.69, 9.17) is 4.98 Å². The van der Waals surface area contributed by atoms with E-state index in [2.05, 4.69) is 40.7 Å². The first-order valence-corrected chi connectivity index (χ1v) is 8.87. The van der Waals surface area contributed by atoms with Crippen LogP contribution in [0.4, 0.5) is 5.95 Å². The molecule has 2 aromatic heterocycles. The average molecular weight is 330 g/mol. The second-order valence-corrected chi connectivity index (χ2v) is 8.09. The van der Waals surface area contributed by atoms with Crippen LogP contribution in [0.1, 0.15) is 33.6 Å². The predicted molar refractivity (Wildman–Crippen MR) is 94.5 cm³/mol. The molecule has 2 aromatic rings. The molecule has 1 saturated heterocycles. The minimum absolute atomic E-state index is 0.106. The Bertz CT molecular complexity index is 789. The Hall–Kier alpha value is -1.89. The molecule has 0 amide bonds. The van der Waals surface area contributed by atoms with Crippen LogP contribution in [0.2, 0.25) is 0 Å². The van der Waals surface area contributed by atoms with Gasteiger partial charge in [-0.2, -0.15) is 10.1 Å². The first-order chi connectivity index (χ1) is 11.4. The molecule has 0 unspecified atom stereocenters. The van der Waals surface area contributed by atoms with E-state index in [1.807, 2.05) is 4.68 Å². The molecule has 0 radical (unpaired) electrons. The van der Waals surface area contributed by atoms with E-state index in [1.165, 1.54) is 19.4 Å². The minimum atomic E-state index is -0.206. The van der Waals surface area contributed by atoms with E-state index >= 15 is 0 Å². The van der Waals surface area contributed by atoms with Gasteiger partial charge in [-0.3, -0.25) is 14.7 Å². The van der Waals surface area contributed by atoms with Crippen molar-refractivity contribution in [1.82, 2.24) is 24.6 Å². The first kappa shape index (κ1) is 15.6. The molecule has 1 aliphatic carbocycles. The molecular formula is C17H26N6O. The van der Waals surface area contributed by atoms with Crippen LogP contribution in [-0.2, 0) is 5.54 Å². The number of nitrogens with one attached hydrogen (secondary N) is 1. The number of hydrogen-bond donors (Lipinski definition) is 1. The Labute approximate surface area is 141 Å². The fourth-order valence-corrected chi connectivity index (χ4v) is 3.36. The third-order valence-electron chi connectivity index (χ3n) is 4.95. The number of aromatic nitrogens is 4. The SMILES string of the molecule is CC(C)(C)n1ncc2c(=O)[nH]c(N3CCN(CC4CC4)CC3)nc21. The van der Waals surface area contributed by atoms with Gasteiger partial charge in [-0.25, -0.2) is 4.68 Å². The molecule has 0 aromatic carbocycles. The molecule has 4 rings (SSSR count). The van der Waals surface area contributed by atoms with Crippen molar-refractivity contribution in [2.24, 2.45) is 5.92 Å². The van der Waals surface area contributed by atoms with E-state index in [0.29, 0.717) is 17.0 Å². The van der Waals surface area contributed by atoms with Crippen LogP contribution < -0.4 is 10.5 Å². The highest BCUT2D eigenvalue weighted by Crippen LogP contribution is 2.30. The summed E-state index contributed by atoms with van der Waals surface area (Å²) in [6.07, 6.45) is 4.40. The summed E-state index contributed by atoms with van der Waals surface area (Å²) in [6.45, 7) is 11.3. The molecule has 0 atom stereocenters. The predicted octanol–water partition coefficient (Wildman–Crippen LogP) is 1.41. The molecule has 0 bridgehead atoms. The molecule has 2 fully saturated rings. The summed E-state index contributed by atoms with van der Waals surface area (Å²) in [5.41, 5.74) is 0.357. The third-order valence-corrected chi connectivity index (χ3v) is 4.95. The fourth-order valence-electron chi connectivity index (χ4n) is 3.36. The van der Waals surface area contributed by atoms with Gasteiger partial charge in [0.25, 0.3) is 5.56 Å². The number of aromatic amines is 1. The van der Waals surface area contributed by atoms with E-state index in [-0.39, 0.29) is 11.1 Å². The highest BCUT2D eigenvalue weighted by Gasteiger charge is 2.27. The molecule has 130 valence electrons. The van der Waals surface area contributed by atoms with Gasteiger partial charge in [-0.1, -0.05) is 0 Å². The maximum absolute atomic E-state index is 12.4. The molecule has 7 heteroatoms.